The molecule has 0 unspecified atom stereocenters. The third-order valence-electron chi connectivity index (χ3n) is 2.42. The summed E-state index contributed by atoms with van der Waals surface area (Å²) >= 11 is 0. The highest BCUT2D eigenvalue weighted by Gasteiger charge is 2.14. The summed E-state index contributed by atoms with van der Waals surface area (Å²) in [5.41, 5.74) is 1.12. The van der Waals surface area contributed by atoms with Gasteiger partial charge in [0.2, 0.25) is 0 Å². The lowest BCUT2D eigenvalue weighted by molar-refractivity contribution is 0.342. The zero-order valence-electron chi connectivity index (χ0n) is 7.86. The molecule has 1 N–H and O–H groups in total. The minimum Gasteiger partial charge on any atom is -0.317 e. The van der Waals surface area contributed by atoms with Crippen LogP contribution in [0.4, 0.5) is 0 Å². The normalized spacial score (nSPS) is 18.2. The van der Waals surface area contributed by atoms with Crippen molar-refractivity contribution in [3.8, 4) is 0 Å². The highest BCUT2D eigenvalue weighted by atomic mass is 35.5. The fourth-order valence-electron chi connectivity index (χ4n) is 1.71. The minimum atomic E-state index is 0. The van der Waals surface area contributed by atoms with Gasteiger partial charge in [0.1, 0.15) is 0 Å². The molecule has 13 heavy (non-hydrogen) atoms. The highest BCUT2D eigenvalue weighted by Crippen LogP contribution is 2.17. The van der Waals surface area contributed by atoms with E-state index < -0.39 is 0 Å². The topological polar surface area (TPSA) is 29.9 Å². The Morgan fingerprint density at radius 2 is 2.15 bits per heavy atom. The van der Waals surface area contributed by atoms with Gasteiger partial charge in [0.05, 0.1) is 11.7 Å². The maximum atomic E-state index is 4.42. The molecule has 0 amide bonds. The molecule has 1 saturated heterocycles. The molecule has 1 aromatic heterocycles. The Bertz CT molecular complexity index is 253. The molecule has 0 bridgehead atoms. The van der Waals surface area contributed by atoms with E-state index >= 15 is 0 Å². The van der Waals surface area contributed by atoms with E-state index in [1.807, 2.05) is 6.92 Å². The fraction of sp³-hybridized carbons (Fsp3) is 0.667. The molecule has 0 spiro atoms. The summed E-state index contributed by atoms with van der Waals surface area (Å²) in [6, 6.07) is 2.70. The van der Waals surface area contributed by atoms with Crippen molar-refractivity contribution >= 4 is 12.4 Å². The largest absolute Gasteiger partial charge is 0.317 e. The number of piperidine rings is 1. The molecule has 1 aromatic rings. The molecule has 1 aliphatic heterocycles. The van der Waals surface area contributed by atoms with Crippen molar-refractivity contribution in [2.75, 3.05) is 13.1 Å². The van der Waals surface area contributed by atoms with Crippen molar-refractivity contribution in [3.05, 3.63) is 18.0 Å². The number of nitrogens with one attached hydrogen (secondary N) is 1. The van der Waals surface area contributed by atoms with Crippen LogP contribution in [-0.4, -0.2) is 22.9 Å². The number of aryl methyl sites for hydroxylation is 1. The van der Waals surface area contributed by atoms with Crippen LogP contribution in [0.2, 0.25) is 0 Å². The first kappa shape index (κ1) is 10.5. The number of hydrogen-bond acceptors (Lipinski definition) is 2. The predicted octanol–water partition coefficient (Wildman–Crippen LogP) is 1.54. The maximum Gasteiger partial charge on any atom is 0.0593 e. The molecule has 0 saturated carbocycles. The lowest BCUT2D eigenvalue weighted by Crippen LogP contribution is -2.29. The van der Waals surface area contributed by atoms with Gasteiger partial charge in [-0.1, -0.05) is 0 Å². The van der Waals surface area contributed by atoms with E-state index in [0.29, 0.717) is 6.04 Å². The van der Waals surface area contributed by atoms with Gasteiger partial charge in [0.15, 0.2) is 0 Å². The van der Waals surface area contributed by atoms with Crippen molar-refractivity contribution in [1.29, 1.82) is 0 Å². The summed E-state index contributed by atoms with van der Waals surface area (Å²) < 4.78 is 2.11. The van der Waals surface area contributed by atoms with Gasteiger partial charge in [-0.15, -0.1) is 12.4 Å². The molecule has 74 valence electrons. The quantitative estimate of drug-likeness (QED) is 0.747. The molecular weight excluding hydrogens is 186 g/mol. The van der Waals surface area contributed by atoms with E-state index in [1.165, 1.54) is 12.8 Å². The summed E-state index contributed by atoms with van der Waals surface area (Å²) in [6.07, 6.45) is 4.51. The highest BCUT2D eigenvalue weighted by molar-refractivity contribution is 5.85. The second-order valence-corrected chi connectivity index (χ2v) is 3.42. The van der Waals surface area contributed by atoms with Crippen molar-refractivity contribution in [3.63, 3.8) is 0 Å². The number of rotatable bonds is 1. The van der Waals surface area contributed by atoms with Crippen LogP contribution in [0.3, 0.4) is 0 Å². The number of aromatic nitrogens is 2. The van der Waals surface area contributed by atoms with Crippen molar-refractivity contribution in [1.82, 2.24) is 15.1 Å². The molecule has 0 atom stereocenters. The van der Waals surface area contributed by atoms with Crippen LogP contribution < -0.4 is 5.32 Å². The Balaban J connectivity index is 0.000000845. The van der Waals surface area contributed by atoms with Crippen molar-refractivity contribution < 1.29 is 0 Å². The lowest BCUT2D eigenvalue weighted by atomic mass is 10.1. The summed E-state index contributed by atoms with van der Waals surface area (Å²) in [5.74, 6) is 0. The van der Waals surface area contributed by atoms with Crippen LogP contribution in [0.5, 0.6) is 0 Å². The van der Waals surface area contributed by atoms with Gasteiger partial charge < -0.3 is 5.32 Å². The van der Waals surface area contributed by atoms with Crippen LogP contribution in [0.15, 0.2) is 12.3 Å². The molecule has 2 rings (SSSR count). The van der Waals surface area contributed by atoms with Crippen LogP contribution in [-0.2, 0) is 0 Å². The first-order valence-corrected chi connectivity index (χ1v) is 4.59. The number of halogens is 1. The molecule has 0 aromatic carbocycles. The SMILES string of the molecule is Cc1ccn(C2CCNCC2)n1.Cl. The summed E-state index contributed by atoms with van der Waals surface area (Å²) in [5, 5.41) is 7.77. The molecular formula is C9H16ClN3. The summed E-state index contributed by atoms with van der Waals surface area (Å²) in [4.78, 5) is 0. The number of nitrogens with zero attached hydrogens (tertiary/aromatic N) is 2. The van der Waals surface area contributed by atoms with E-state index in [9.17, 15) is 0 Å². The summed E-state index contributed by atoms with van der Waals surface area (Å²) in [6.45, 7) is 4.30. The zero-order chi connectivity index (χ0) is 8.39. The Morgan fingerprint density at radius 3 is 2.69 bits per heavy atom. The molecule has 3 nitrogen and oxygen atoms in total. The second kappa shape index (κ2) is 4.63. The Labute approximate surface area is 84.9 Å². The maximum absolute atomic E-state index is 4.42. The smallest absolute Gasteiger partial charge is 0.0593 e. The van der Waals surface area contributed by atoms with Gasteiger partial charge in [-0.3, -0.25) is 4.68 Å². The Kier molecular flexibility index (Phi) is 3.75. The van der Waals surface area contributed by atoms with Gasteiger partial charge in [-0.05, 0) is 38.9 Å². The van der Waals surface area contributed by atoms with Crippen LogP contribution in [0.1, 0.15) is 24.6 Å². The van der Waals surface area contributed by atoms with Crippen LogP contribution in [0.25, 0.3) is 0 Å². The second-order valence-electron chi connectivity index (χ2n) is 3.42. The third-order valence-corrected chi connectivity index (χ3v) is 2.42. The molecule has 1 aliphatic rings. The molecule has 2 heterocycles. The first-order chi connectivity index (χ1) is 5.86. The molecule has 0 aliphatic carbocycles. The van der Waals surface area contributed by atoms with E-state index in [2.05, 4.69) is 27.4 Å². The van der Waals surface area contributed by atoms with Gasteiger partial charge in [-0.2, -0.15) is 5.10 Å². The average molecular weight is 202 g/mol. The van der Waals surface area contributed by atoms with Gasteiger partial charge >= 0.3 is 0 Å². The lowest BCUT2D eigenvalue weighted by Gasteiger charge is -2.22. The Hall–Kier alpha value is -0.540. The zero-order valence-corrected chi connectivity index (χ0v) is 8.68. The van der Waals surface area contributed by atoms with Gasteiger partial charge in [0.25, 0.3) is 0 Å². The van der Waals surface area contributed by atoms with E-state index in [0.717, 1.165) is 18.8 Å². The summed E-state index contributed by atoms with van der Waals surface area (Å²) in [7, 11) is 0. The molecule has 0 radical (unpaired) electrons. The number of hydrogen-bond donors (Lipinski definition) is 1. The van der Waals surface area contributed by atoms with Gasteiger partial charge in [-0.25, -0.2) is 0 Å². The fourth-order valence-corrected chi connectivity index (χ4v) is 1.71. The van der Waals surface area contributed by atoms with E-state index in [1.54, 1.807) is 0 Å². The van der Waals surface area contributed by atoms with Crippen LogP contribution >= 0.6 is 12.4 Å². The van der Waals surface area contributed by atoms with Gasteiger partial charge in [0, 0.05) is 6.20 Å². The Morgan fingerprint density at radius 1 is 1.46 bits per heavy atom. The minimum absolute atomic E-state index is 0. The van der Waals surface area contributed by atoms with E-state index in [-0.39, 0.29) is 12.4 Å². The third kappa shape index (κ3) is 2.45. The van der Waals surface area contributed by atoms with Crippen molar-refractivity contribution in [2.45, 2.75) is 25.8 Å². The standard InChI is InChI=1S/C9H15N3.ClH/c1-8-4-7-12(11-8)9-2-5-10-6-3-9;/h4,7,9-10H,2-3,5-6H2,1H3;1H. The first-order valence-electron chi connectivity index (χ1n) is 4.59. The van der Waals surface area contributed by atoms with E-state index in [4.69, 9.17) is 0 Å². The van der Waals surface area contributed by atoms with Crippen LogP contribution in [0, 0.1) is 6.92 Å². The van der Waals surface area contributed by atoms with Crippen molar-refractivity contribution in [2.24, 2.45) is 0 Å². The molecule has 4 heteroatoms. The predicted molar refractivity (Wildman–Crippen MR) is 55.4 cm³/mol. The molecule has 1 fully saturated rings. The monoisotopic (exact) mass is 201 g/mol. The average Bonchev–Trinajstić information content (AvgIpc) is 2.54.